The van der Waals surface area contributed by atoms with Crippen molar-refractivity contribution in [3.63, 3.8) is 0 Å². The van der Waals surface area contributed by atoms with Crippen molar-refractivity contribution < 1.29 is 14.0 Å². The molecule has 126 valence electrons. The van der Waals surface area contributed by atoms with E-state index in [9.17, 15) is 14.0 Å². The van der Waals surface area contributed by atoms with Gasteiger partial charge < -0.3 is 9.80 Å². The van der Waals surface area contributed by atoms with Crippen LogP contribution in [0.1, 0.15) is 10.4 Å². The molecule has 4 nitrogen and oxygen atoms in total. The Balaban J connectivity index is 1.50. The van der Waals surface area contributed by atoms with Crippen LogP contribution in [0.15, 0.2) is 41.8 Å². The Labute approximate surface area is 144 Å². The summed E-state index contributed by atoms with van der Waals surface area (Å²) < 4.78 is 13.6. The van der Waals surface area contributed by atoms with E-state index < -0.39 is 0 Å². The SMILES string of the molecule is O=C(Cc1cccs1)N1CCN(C(=O)Cc2ccccc2F)CC1. The molecule has 0 atom stereocenters. The third kappa shape index (κ3) is 4.00. The van der Waals surface area contributed by atoms with E-state index in [1.165, 1.54) is 6.07 Å². The molecule has 1 saturated heterocycles. The van der Waals surface area contributed by atoms with Crippen LogP contribution in [-0.4, -0.2) is 47.8 Å². The van der Waals surface area contributed by atoms with Gasteiger partial charge in [-0.15, -0.1) is 11.3 Å². The quantitative estimate of drug-likeness (QED) is 0.853. The average Bonchev–Trinajstić information content (AvgIpc) is 3.10. The van der Waals surface area contributed by atoms with Gasteiger partial charge in [-0.25, -0.2) is 4.39 Å². The molecule has 3 rings (SSSR count). The Bertz CT molecular complexity index is 710. The normalized spacial score (nSPS) is 14.7. The molecular weight excluding hydrogens is 327 g/mol. The molecule has 0 unspecified atom stereocenters. The van der Waals surface area contributed by atoms with Crippen molar-refractivity contribution in [1.29, 1.82) is 0 Å². The lowest BCUT2D eigenvalue weighted by Crippen LogP contribution is -2.51. The van der Waals surface area contributed by atoms with E-state index in [4.69, 9.17) is 0 Å². The van der Waals surface area contributed by atoms with Crippen molar-refractivity contribution in [3.8, 4) is 0 Å². The lowest BCUT2D eigenvalue weighted by atomic mass is 10.1. The summed E-state index contributed by atoms with van der Waals surface area (Å²) in [6.07, 6.45) is 0.483. The molecule has 0 saturated carbocycles. The van der Waals surface area contributed by atoms with E-state index in [-0.39, 0.29) is 24.1 Å². The van der Waals surface area contributed by atoms with E-state index >= 15 is 0 Å². The Kier molecular flexibility index (Phi) is 5.25. The number of amides is 2. The monoisotopic (exact) mass is 346 g/mol. The van der Waals surface area contributed by atoms with Gasteiger partial charge >= 0.3 is 0 Å². The van der Waals surface area contributed by atoms with Gasteiger partial charge in [-0.3, -0.25) is 9.59 Å². The summed E-state index contributed by atoms with van der Waals surface area (Å²) in [5.74, 6) is -0.347. The number of thiophene rings is 1. The minimum Gasteiger partial charge on any atom is -0.339 e. The summed E-state index contributed by atoms with van der Waals surface area (Å²) >= 11 is 1.58. The summed E-state index contributed by atoms with van der Waals surface area (Å²) in [7, 11) is 0. The highest BCUT2D eigenvalue weighted by molar-refractivity contribution is 7.10. The topological polar surface area (TPSA) is 40.6 Å². The zero-order valence-corrected chi connectivity index (χ0v) is 14.1. The van der Waals surface area contributed by atoms with Crippen LogP contribution in [0.5, 0.6) is 0 Å². The number of hydrogen-bond donors (Lipinski definition) is 0. The number of carbonyl (C=O) groups excluding carboxylic acids is 2. The standard InChI is InChI=1S/C18H19FN2O2S/c19-16-6-2-1-4-14(16)12-17(22)20-7-9-21(10-8-20)18(23)13-15-5-3-11-24-15/h1-6,11H,7-10,12-13H2. The van der Waals surface area contributed by atoms with Crippen LogP contribution in [0, 0.1) is 5.82 Å². The van der Waals surface area contributed by atoms with Gasteiger partial charge in [-0.2, -0.15) is 0 Å². The van der Waals surface area contributed by atoms with Gasteiger partial charge in [0.25, 0.3) is 0 Å². The zero-order valence-electron chi connectivity index (χ0n) is 13.3. The number of benzene rings is 1. The van der Waals surface area contributed by atoms with Crippen LogP contribution in [0.2, 0.25) is 0 Å². The fourth-order valence-electron chi connectivity index (χ4n) is 2.80. The van der Waals surface area contributed by atoms with Crippen LogP contribution in [0.4, 0.5) is 4.39 Å². The van der Waals surface area contributed by atoms with Crippen LogP contribution < -0.4 is 0 Å². The second-order valence-corrected chi connectivity index (χ2v) is 6.82. The van der Waals surface area contributed by atoms with Gasteiger partial charge in [-0.1, -0.05) is 24.3 Å². The Hall–Kier alpha value is -2.21. The fourth-order valence-corrected chi connectivity index (χ4v) is 3.49. The highest BCUT2D eigenvalue weighted by Crippen LogP contribution is 2.13. The van der Waals surface area contributed by atoms with Crippen molar-refractivity contribution >= 4 is 23.2 Å². The maximum atomic E-state index is 13.6. The third-order valence-electron chi connectivity index (χ3n) is 4.19. The van der Waals surface area contributed by atoms with Gasteiger partial charge in [0.2, 0.25) is 11.8 Å². The van der Waals surface area contributed by atoms with Crippen LogP contribution in [0.25, 0.3) is 0 Å². The summed E-state index contributed by atoms with van der Waals surface area (Å²) in [6.45, 7) is 2.08. The van der Waals surface area contributed by atoms with Crippen molar-refractivity contribution in [2.75, 3.05) is 26.2 Å². The Morgan fingerprint density at radius 3 is 2.12 bits per heavy atom. The molecule has 0 radical (unpaired) electrons. The first kappa shape index (κ1) is 16.6. The van der Waals surface area contributed by atoms with Crippen molar-refractivity contribution in [2.24, 2.45) is 0 Å². The molecule has 0 N–H and O–H groups in total. The molecule has 1 aliphatic heterocycles. The number of nitrogens with zero attached hydrogens (tertiary/aromatic N) is 2. The molecule has 0 bridgehead atoms. The van der Waals surface area contributed by atoms with Crippen molar-refractivity contribution in [2.45, 2.75) is 12.8 Å². The maximum absolute atomic E-state index is 13.6. The third-order valence-corrected chi connectivity index (χ3v) is 5.07. The number of rotatable bonds is 4. The first-order chi connectivity index (χ1) is 11.6. The average molecular weight is 346 g/mol. The lowest BCUT2D eigenvalue weighted by Gasteiger charge is -2.35. The molecule has 2 heterocycles. The highest BCUT2D eigenvalue weighted by atomic mass is 32.1. The number of carbonyl (C=O) groups is 2. The minimum atomic E-state index is -0.351. The second-order valence-electron chi connectivity index (χ2n) is 5.79. The second kappa shape index (κ2) is 7.57. The van der Waals surface area contributed by atoms with E-state index in [1.807, 2.05) is 17.5 Å². The van der Waals surface area contributed by atoms with Crippen LogP contribution in [-0.2, 0) is 22.4 Å². The molecule has 2 amide bonds. The molecule has 1 aliphatic rings. The predicted octanol–water partition coefficient (Wildman–Crippen LogP) is 2.34. The summed E-state index contributed by atoms with van der Waals surface area (Å²) in [4.78, 5) is 29.1. The van der Waals surface area contributed by atoms with Crippen molar-refractivity contribution in [3.05, 3.63) is 58.0 Å². The summed E-state index contributed by atoms with van der Waals surface area (Å²) in [6, 6.07) is 10.2. The molecule has 1 aromatic heterocycles. The van der Waals surface area contributed by atoms with E-state index in [2.05, 4.69) is 0 Å². The van der Waals surface area contributed by atoms with Gasteiger partial charge in [0.05, 0.1) is 12.8 Å². The zero-order chi connectivity index (χ0) is 16.9. The van der Waals surface area contributed by atoms with Crippen molar-refractivity contribution in [1.82, 2.24) is 9.80 Å². The summed E-state index contributed by atoms with van der Waals surface area (Å²) in [5.41, 5.74) is 0.415. The van der Waals surface area contributed by atoms with Crippen LogP contribution >= 0.6 is 11.3 Å². The Morgan fingerprint density at radius 2 is 1.54 bits per heavy atom. The molecule has 1 aromatic carbocycles. The van der Waals surface area contributed by atoms with E-state index in [0.29, 0.717) is 38.2 Å². The number of hydrogen-bond acceptors (Lipinski definition) is 3. The van der Waals surface area contributed by atoms with E-state index in [1.54, 1.807) is 39.3 Å². The van der Waals surface area contributed by atoms with Gasteiger partial charge in [0, 0.05) is 31.1 Å². The molecule has 24 heavy (non-hydrogen) atoms. The maximum Gasteiger partial charge on any atom is 0.227 e. The largest absolute Gasteiger partial charge is 0.339 e. The molecular formula is C18H19FN2O2S. The van der Waals surface area contributed by atoms with Crippen LogP contribution in [0.3, 0.4) is 0 Å². The smallest absolute Gasteiger partial charge is 0.227 e. The predicted molar refractivity (Wildman–Crippen MR) is 91.3 cm³/mol. The van der Waals surface area contributed by atoms with Gasteiger partial charge in [0.1, 0.15) is 5.82 Å². The lowest BCUT2D eigenvalue weighted by molar-refractivity contribution is -0.138. The molecule has 2 aromatic rings. The highest BCUT2D eigenvalue weighted by Gasteiger charge is 2.24. The van der Waals surface area contributed by atoms with Gasteiger partial charge in [-0.05, 0) is 23.1 Å². The fraction of sp³-hybridized carbons (Fsp3) is 0.333. The minimum absolute atomic E-state index is 0.0653. The first-order valence-corrected chi connectivity index (χ1v) is 8.83. The van der Waals surface area contributed by atoms with Gasteiger partial charge in [0.15, 0.2) is 0 Å². The molecule has 6 heteroatoms. The molecule has 0 spiro atoms. The Morgan fingerprint density at radius 1 is 0.917 bits per heavy atom. The first-order valence-electron chi connectivity index (χ1n) is 7.95. The summed E-state index contributed by atoms with van der Waals surface area (Å²) in [5, 5.41) is 1.96. The van der Waals surface area contributed by atoms with E-state index in [0.717, 1.165) is 4.88 Å². The number of halogens is 1. The molecule has 0 aliphatic carbocycles. The molecule has 1 fully saturated rings. The number of piperazine rings is 1.